The molecule has 1 aromatic heterocycles. The number of imidazole rings is 1. The minimum Gasteiger partial charge on any atom is -0.493 e. The highest BCUT2D eigenvalue weighted by Crippen LogP contribution is 2.40. The van der Waals surface area contributed by atoms with Crippen molar-refractivity contribution in [3.05, 3.63) is 95.3 Å². The minimum atomic E-state index is 0.126. The van der Waals surface area contributed by atoms with Crippen molar-refractivity contribution >= 4 is 16.8 Å². The number of ether oxygens (including phenoxy) is 1. The molecule has 1 aliphatic heterocycles. The Morgan fingerprint density at radius 3 is 2.73 bits per heavy atom. The second-order valence-electron chi connectivity index (χ2n) is 8.24. The van der Waals surface area contributed by atoms with E-state index in [0.717, 1.165) is 48.2 Å². The first-order chi connectivity index (χ1) is 14.8. The van der Waals surface area contributed by atoms with E-state index in [4.69, 9.17) is 4.74 Å². The quantitative estimate of drug-likeness (QED) is 0.382. The van der Waals surface area contributed by atoms with Crippen molar-refractivity contribution in [2.75, 3.05) is 6.61 Å². The maximum absolute atomic E-state index is 12.9. The lowest BCUT2D eigenvalue weighted by atomic mass is 10.0. The zero-order valence-corrected chi connectivity index (χ0v) is 16.8. The molecule has 0 saturated carbocycles. The van der Waals surface area contributed by atoms with Crippen LogP contribution in [0.2, 0.25) is 0 Å². The fourth-order valence-corrected chi connectivity index (χ4v) is 5.00. The van der Waals surface area contributed by atoms with Gasteiger partial charge in [-0.15, -0.1) is 0 Å². The summed E-state index contributed by atoms with van der Waals surface area (Å²) in [5.41, 5.74) is 7.15. The van der Waals surface area contributed by atoms with Crippen molar-refractivity contribution in [2.45, 2.75) is 31.8 Å². The van der Waals surface area contributed by atoms with Gasteiger partial charge >= 0.3 is 0 Å². The lowest BCUT2D eigenvalue weighted by Crippen LogP contribution is -2.37. The second kappa shape index (κ2) is 6.84. The number of carbonyl (C=O) groups excluding carboxylic acids is 1. The van der Waals surface area contributed by atoms with E-state index in [1.807, 2.05) is 36.4 Å². The van der Waals surface area contributed by atoms with E-state index in [2.05, 4.69) is 45.8 Å². The second-order valence-corrected chi connectivity index (χ2v) is 8.24. The first-order valence-corrected chi connectivity index (χ1v) is 10.6. The molecule has 1 unspecified atom stereocenters. The number of fused-ring (bicyclic) bond motifs is 3. The number of para-hydroxylation sites is 2. The van der Waals surface area contributed by atoms with Gasteiger partial charge in [0.25, 0.3) is 0 Å². The zero-order chi connectivity index (χ0) is 20.1. The fraction of sp³-hybridized carbons (Fsp3) is 0.231. The lowest BCUT2D eigenvalue weighted by Gasteiger charge is -2.10. The van der Waals surface area contributed by atoms with Gasteiger partial charge in [0.1, 0.15) is 11.8 Å². The predicted molar refractivity (Wildman–Crippen MR) is 115 cm³/mol. The monoisotopic (exact) mass is 395 g/mol. The Morgan fingerprint density at radius 2 is 1.83 bits per heavy atom. The summed E-state index contributed by atoms with van der Waals surface area (Å²) in [6.45, 7) is 1.13. The standard InChI is InChI=1S/C26H23N2O2/c29-25(18-6-2-1-3-7-18)16-27-17-28(24-9-5-4-8-23(24)27)22-11-10-19-14-20-12-13-30-26(20)15-21(19)22/h1-9,14-15,17,22H,10-13,16H2/q+1. The van der Waals surface area contributed by atoms with Crippen molar-refractivity contribution in [1.82, 2.24) is 4.57 Å². The van der Waals surface area contributed by atoms with Crippen LogP contribution in [0, 0.1) is 0 Å². The Balaban J connectivity index is 1.42. The van der Waals surface area contributed by atoms with E-state index in [-0.39, 0.29) is 11.8 Å². The first kappa shape index (κ1) is 17.5. The van der Waals surface area contributed by atoms with Gasteiger partial charge < -0.3 is 4.74 Å². The van der Waals surface area contributed by atoms with Crippen LogP contribution >= 0.6 is 0 Å². The van der Waals surface area contributed by atoms with E-state index in [9.17, 15) is 4.79 Å². The van der Waals surface area contributed by atoms with Gasteiger partial charge in [0.2, 0.25) is 12.1 Å². The minimum absolute atomic E-state index is 0.126. The Morgan fingerprint density at radius 1 is 1.00 bits per heavy atom. The number of nitrogens with zero attached hydrogens (tertiary/aromatic N) is 2. The van der Waals surface area contributed by atoms with Crippen LogP contribution in [-0.4, -0.2) is 17.0 Å². The number of hydrogen-bond acceptors (Lipinski definition) is 2. The summed E-state index contributed by atoms with van der Waals surface area (Å²) in [6, 6.07) is 22.8. The highest BCUT2D eigenvalue weighted by Gasteiger charge is 2.33. The zero-order valence-electron chi connectivity index (χ0n) is 16.8. The molecule has 4 aromatic rings. The molecule has 0 bridgehead atoms. The van der Waals surface area contributed by atoms with Crippen molar-refractivity contribution in [2.24, 2.45) is 0 Å². The molecule has 0 amide bonds. The van der Waals surface area contributed by atoms with Crippen LogP contribution in [-0.2, 0) is 19.4 Å². The molecule has 4 heteroatoms. The number of aromatic nitrogens is 2. The van der Waals surface area contributed by atoms with Crippen molar-refractivity contribution in [3.63, 3.8) is 0 Å². The fourth-order valence-electron chi connectivity index (χ4n) is 5.00. The third kappa shape index (κ3) is 2.75. The number of hydrogen-bond donors (Lipinski definition) is 0. The predicted octanol–water partition coefficient (Wildman–Crippen LogP) is 4.28. The van der Waals surface area contributed by atoms with Crippen LogP contribution in [0.15, 0.2) is 73.1 Å². The van der Waals surface area contributed by atoms with Gasteiger partial charge in [-0.2, -0.15) is 0 Å². The van der Waals surface area contributed by atoms with Gasteiger partial charge in [0, 0.05) is 17.5 Å². The molecular weight excluding hydrogens is 372 g/mol. The normalized spacial score (nSPS) is 17.0. The summed E-state index contributed by atoms with van der Waals surface area (Å²) >= 11 is 0. The van der Waals surface area contributed by atoms with Gasteiger partial charge in [0.15, 0.2) is 17.6 Å². The van der Waals surface area contributed by atoms with Crippen LogP contribution in [0.25, 0.3) is 11.0 Å². The molecule has 148 valence electrons. The average Bonchev–Trinajstić information content (AvgIpc) is 3.50. The molecular formula is C26H23N2O2+. The highest BCUT2D eigenvalue weighted by molar-refractivity contribution is 5.95. The SMILES string of the molecule is O=C(C[n+]1cn(C2CCc3cc4c(cc32)OCC4)c2ccccc21)c1ccccc1. The van der Waals surface area contributed by atoms with Crippen LogP contribution in [0.5, 0.6) is 5.75 Å². The van der Waals surface area contributed by atoms with Crippen LogP contribution in [0.4, 0.5) is 0 Å². The summed E-state index contributed by atoms with van der Waals surface area (Å²) in [5, 5.41) is 0. The largest absolute Gasteiger partial charge is 0.493 e. The third-order valence-corrected chi connectivity index (χ3v) is 6.48. The number of aryl methyl sites for hydroxylation is 1. The smallest absolute Gasteiger partial charge is 0.245 e. The molecule has 2 heterocycles. The van der Waals surface area contributed by atoms with Gasteiger partial charge in [-0.05, 0) is 42.2 Å². The van der Waals surface area contributed by atoms with E-state index < -0.39 is 0 Å². The van der Waals surface area contributed by atoms with E-state index >= 15 is 0 Å². The third-order valence-electron chi connectivity index (χ3n) is 6.48. The lowest BCUT2D eigenvalue weighted by molar-refractivity contribution is -0.658. The summed E-state index contributed by atoms with van der Waals surface area (Å²) < 4.78 is 10.3. The topological polar surface area (TPSA) is 35.1 Å². The summed E-state index contributed by atoms with van der Waals surface area (Å²) in [7, 11) is 0. The Kier molecular flexibility index (Phi) is 3.98. The Hall–Kier alpha value is -3.40. The maximum Gasteiger partial charge on any atom is 0.245 e. The molecule has 2 aliphatic rings. The van der Waals surface area contributed by atoms with Crippen molar-refractivity contribution in [3.8, 4) is 5.75 Å². The van der Waals surface area contributed by atoms with Gasteiger partial charge in [-0.1, -0.05) is 48.5 Å². The molecule has 0 spiro atoms. The van der Waals surface area contributed by atoms with Crippen LogP contribution in [0.1, 0.15) is 39.5 Å². The molecule has 0 saturated heterocycles. The number of ketones is 1. The molecule has 3 aromatic carbocycles. The van der Waals surface area contributed by atoms with Gasteiger partial charge in [-0.3, -0.25) is 4.79 Å². The molecule has 0 N–H and O–H groups in total. The molecule has 0 radical (unpaired) electrons. The summed E-state index contributed by atoms with van der Waals surface area (Å²) in [5.74, 6) is 1.17. The summed E-state index contributed by atoms with van der Waals surface area (Å²) in [4.78, 5) is 12.9. The summed E-state index contributed by atoms with van der Waals surface area (Å²) in [6.07, 6.45) is 5.30. The van der Waals surface area contributed by atoms with Crippen molar-refractivity contribution < 1.29 is 14.1 Å². The molecule has 4 nitrogen and oxygen atoms in total. The molecule has 1 aliphatic carbocycles. The van der Waals surface area contributed by atoms with Crippen LogP contribution < -0.4 is 9.30 Å². The molecule has 0 fully saturated rings. The average molecular weight is 395 g/mol. The van der Waals surface area contributed by atoms with E-state index in [0.29, 0.717) is 6.54 Å². The Bertz CT molecular complexity index is 1270. The number of carbonyl (C=O) groups is 1. The highest BCUT2D eigenvalue weighted by atomic mass is 16.5. The maximum atomic E-state index is 12.9. The van der Waals surface area contributed by atoms with E-state index in [1.54, 1.807) is 0 Å². The molecule has 1 atom stereocenters. The number of Topliss-reactive ketones (excluding diaryl/α,β-unsaturated/α-hetero) is 1. The van der Waals surface area contributed by atoms with E-state index in [1.165, 1.54) is 16.7 Å². The van der Waals surface area contributed by atoms with Gasteiger partial charge in [-0.25, -0.2) is 9.13 Å². The van der Waals surface area contributed by atoms with Crippen molar-refractivity contribution in [1.29, 1.82) is 0 Å². The first-order valence-electron chi connectivity index (χ1n) is 10.6. The number of benzene rings is 3. The molecule has 30 heavy (non-hydrogen) atoms. The number of rotatable bonds is 4. The molecule has 6 rings (SSSR count). The van der Waals surface area contributed by atoms with Crippen LogP contribution in [0.3, 0.4) is 0 Å². The van der Waals surface area contributed by atoms with Gasteiger partial charge in [0.05, 0.1) is 6.61 Å². The Labute approximate surface area is 175 Å².